The number of aromatic nitrogens is 3. The maximum Gasteiger partial charge on any atom is 0.249 e. The Labute approximate surface area is 141 Å². The Morgan fingerprint density at radius 1 is 1.46 bits per heavy atom. The summed E-state index contributed by atoms with van der Waals surface area (Å²) in [4.78, 5) is 20.8. The zero-order valence-electron chi connectivity index (χ0n) is 14.0. The zero-order chi connectivity index (χ0) is 16.9. The highest BCUT2D eigenvalue weighted by Gasteiger charge is 2.26. The molecule has 0 saturated heterocycles. The van der Waals surface area contributed by atoms with Gasteiger partial charge in [-0.25, -0.2) is 0 Å². The maximum absolute atomic E-state index is 12.3. The summed E-state index contributed by atoms with van der Waals surface area (Å²) in [5.41, 5.74) is 0.789. The Bertz CT molecular complexity index is 709. The molecule has 3 rings (SSSR count). The number of allylic oxidation sites excluding steroid dienone is 2. The molecule has 0 bridgehead atoms. The fraction of sp³-hybridized carbons (Fsp3) is 0.444. The fourth-order valence-electron chi connectivity index (χ4n) is 2.82. The van der Waals surface area contributed by atoms with Gasteiger partial charge < -0.3 is 9.84 Å². The molecule has 0 unspecified atom stereocenters. The average Bonchev–Trinajstić information content (AvgIpc) is 3.25. The number of nitrogens with zero attached hydrogens (tertiary/aromatic N) is 3. The standard InChI is InChI=1S/C18H22N4O2/c1-12(2)16(20-15(23)10-13-6-3-4-7-13)18-21-17(22-24-18)14-8-5-9-19-11-14/h3,5-6,8-9,11-13,16H,4,7,10H2,1-2H3,(H,20,23)/t13-,16-/m0/s1. The Balaban J connectivity index is 1.70. The summed E-state index contributed by atoms with van der Waals surface area (Å²) in [6.45, 7) is 4.04. The highest BCUT2D eigenvalue weighted by Crippen LogP contribution is 2.25. The van der Waals surface area contributed by atoms with Crippen LogP contribution in [0.5, 0.6) is 0 Å². The van der Waals surface area contributed by atoms with Crippen LogP contribution in [0.15, 0.2) is 41.2 Å². The van der Waals surface area contributed by atoms with E-state index in [-0.39, 0.29) is 17.9 Å². The topological polar surface area (TPSA) is 80.9 Å². The van der Waals surface area contributed by atoms with E-state index in [1.165, 1.54) is 0 Å². The molecule has 0 saturated carbocycles. The molecular formula is C18H22N4O2. The SMILES string of the molecule is CC(C)[C@H](NC(=O)C[C@H]1C=CCC1)c1nc(-c2cccnc2)no1. The molecule has 1 aliphatic rings. The average molecular weight is 326 g/mol. The van der Waals surface area contributed by atoms with E-state index in [0.717, 1.165) is 18.4 Å². The van der Waals surface area contributed by atoms with E-state index in [0.29, 0.717) is 24.1 Å². The summed E-state index contributed by atoms with van der Waals surface area (Å²) in [6, 6.07) is 3.40. The summed E-state index contributed by atoms with van der Waals surface area (Å²) in [7, 11) is 0. The molecule has 0 fully saturated rings. The van der Waals surface area contributed by atoms with E-state index in [9.17, 15) is 4.79 Å². The van der Waals surface area contributed by atoms with E-state index in [4.69, 9.17) is 4.52 Å². The molecule has 0 aliphatic heterocycles. The van der Waals surface area contributed by atoms with Crippen molar-refractivity contribution in [1.29, 1.82) is 0 Å². The van der Waals surface area contributed by atoms with Crippen LogP contribution in [-0.2, 0) is 4.79 Å². The molecule has 2 aromatic rings. The molecule has 24 heavy (non-hydrogen) atoms. The predicted octanol–water partition coefficient (Wildman–Crippen LogP) is 3.30. The van der Waals surface area contributed by atoms with Crippen LogP contribution in [0.4, 0.5) is 0 Å². The molecule has 1 amide bonds. The lowest BCUT2D eigenvalue weighted by Crippen LogP contribution is -2.32. The van der Waals surface area contributed by atoms with Crippen LogP contribution >= 0.6 is 0 Å². The summed E-state index contributed by atoms with van der Waals surface area (Å²) in [5.74, 6) is 1.42. The minimum absolute atomic E-state index is 0.0198. The number of carbonyl (C=O) groups excluding carboxylic acids is 1. The van der Waals surface area contributed by atoms with Gasteiger partial charge in [-0.15, -0.1) is 0 Å². The van der Waals surface area contributed by atoms with Gasteiger partial charge in [-0.1, -0.05) is 31.2 Å². The third kappa shape index (κ3) is 3.88. The third-order valence-electron chi connectivity index (χ3n) is 4.17. The Hall–Kier alpha value is -2.50. The minimum atomic E-state index is -0.291. The molecule has 126 valence electrons. The second kappa shape index (κ2) is 7.38. The first kappa shape index (κ1) is 16.4. The van der Waals surface area contributed by atoms with Gasteiger partial charge in [0.1, 0.15) is 6.04 Å². The van der Waals surface area contributed by atoms with E-state index in [1.54, 1.807) is 12.4 Å². The van der Waals surface area contributed by atoms with Gasteiger partial charge in [-0.05, 0) is 36.8 Å². The van der Waals surface area contributed by atoms with Gasteiger partial charge in [-0.3, -0.25) is 9.78 Å². The first-order valence-electron chi connectivity index (χ1n) is 8.33. The van der Waals surface area contributed by atoms with Crippen LogP contribution in [0.25, 0.3) is 11.4 Å². The molecule has 1 aliphatic carbocycles. The molecule has 6 heteroatoms. The lowest BCUT2D eigenvalue weighted by molar-refractivity contribution is -0.123. The Morgan fingerprint density at radius 2 is 2.33 bits per heavy atom. The van der Waals surface area contributed by atoms with Gasteiger partial charge in [0.05, 0.1) is 0 Å². The Morgan fingerprint density at radius 3 is 3.00 bits per heavy atom. The summed E-state index contributed by atoms with van der Waals surface area (Å²) in [6.07, 6.45) is 10.2. The second-order valence-electron chi connectivity index (χ2n) is 6.46. The molecule has 2 atom stereocenters. The van der Waals surface area contributed by atoms with E-state index in [1.807, 2.05) is 26.0 Å². The summed E-state index contributed by atoms with van der Waals surface area (Å²) >= 11 is 0. The van der Waals surface area contributed by atoms with Crippen LogP contribution in [0.2, 0.25) is 0 Å². The summed E-state index contributed by atoms with van der Waals surface area (Å²) < 4.78 is 5.40. The number of carbonyl (C=O) groups is 1. The largest absolute Gasteiger partial charge is 0.344 e. The van der Waals surface area contributed by atoms with Crippen molar-refractivity contribution in [1.82, 2.24) is 20.4 Å². The van der Waals surface area contributed by atoms with Crippen LogP contribution < -0.4 is 5.32 Å². The van der Waals surface area contributed by atoms with Crippen molar-refractivity contribution in [3.63, 3.8) is 0 Å². The number of amides is 1. The second-order valence-corrected chi connectivity index (χ2v) is 6.46. The number of hydrogen-bond acceptors (Lipinski definition) is 5. The normalized spacial score (nSPS) is 18.0. The summed E-state index contributed by atoms with van der Waals surface area (Å²) in [5, 5.41) is 7.05. The fourth-order valence-corrected chi connectivity index (χ4v) is 2.82. The van der Waals surface area contributed by atoms with Crippen molar-refractivity contribution in [2.24, 2.45) is 11.8 Å². The van der Waals surface area contributed by atoms with Crippen molar-refractivity contribution in [3.8, 4) is 11.4 Å². The smallest absolute Gasteiger partial charge is 0.249 e. The van der Waals surface area contributed by atoms with Gasteiger partial charge in [0.2, 0.25) is 17.6 Å². The maximum atomic E-state index is 12.3. The predicted molar refractivity (Wildman–Crippen MR) is 89.7 cm³/mol. The molecule has 1 N–H and O–H groups in total. The van der Waals surface area contributed by atoms with E-state index < -0.39 is 0 Å². The van der Waals surface area contributed by atoms with Crippen molar-refractivity contribution in [2.75, 3.05) is 0 Å². The lowest BCUT2D eigenvalue weighted by atomic mass is 10.0. The molecular weight excluding hydrogens is 304 g/mol. The van der Waals surface area contributed by atoms with Crippen molar-refractivity contribution in [2.45, 2.75) is 39.2 Å². The van der Waals surface area contributed by atoms with Crippen LogP contribution in [0.3, 0.4) is 0 Å². The minimum Gasteiger partial charge on any atom is -0.344 e. The van der Waals surface area contributed by atoms with Crippen molar-refractivity contribution >= 4 is 5.91 Å². The highest BCUT2D eigenvalue weighted by molar-refractivity contribution is 5.76. The third-order valence-corrected chi connectivity index (χ3v) is 4.17. The quantitative estimate of drug-likeness (QED) is 0.824. The van der Waals surface area contributed by atoms with Crippen LogP contribution in [0, 0.1) is 11.8 Å². The van der Waals surface area contributed by atoms with Crippen LogP contribution in [0.1, 0.15) is 45.0 Å². The molecule has 2 aromatic heterocycles. The van der Waals surface area contributed by atoms with E-state index in [2.05, 4.69) is 32.6 Å². The molecule has 0 spiro atoms. The van der Waals surface area contributed by atoms with Gasteiger partial charge in [-0.2, -0.15) is 4.98 Å². The molecule has 6 nitrogen and oxygen atoms in total. The van der Waals surface area contributed by atoms with Gasteiger partial charge in [0, 0.05) is 24.4 Å². The monoisotopic (exact) mass is 326 g/mol. The van der Waals surface area contributed by atoms with Crippen molar-refractivity contribution in [3.05, 3.63) is 42.6 Å². The number of nitrogens with one attached hydrogen (secondary N) is 1. The first-order chi connectivity index (χ1) is 11.6. The molecule has 0 radical (unpaired) electrons. The van der Waals surface area contributed by atoms with Crippen molar-refractivity contribution < 1.29 is 9.32 Å². The molecule has 2 heterocycles. The highest BCUT2D eigenvalue weighted by atomic mass is 16.5. The first-order valence-corrected chi connectivity index (χ1v) is 8.33. The van der Waals surface area contributed by atoms with Gasteiger partial charge in [0.15, 0.2) is 0 Å². The van der Waals surface area contributed by atoms with Gasteiger partial charge in [0.25, 0.3) is 0 Å². The van der Waals surface area contributed by atoms with Gasteiger partial charge >= 0.3 is 0 Å². The lowest BCUT2D eigenvalue weighted by Gasteiger charge is -2.19. The number of pyridine rings is 1. The number of hydrogen-bond donors (Lipinski definition) is 1. The van der Waals surface area contributed by atoms with E-state index >= 15 is 0 Å². The molecule has 0 aromatic carbocycles. The zero-order valence-corrected chi connectivity index (χ0v) is 14.0. The van der Waals surface area contributed by atoms with Crippen LogP contribution in [-0.4, -0.2) is 21.0 Å². The Kier molecular flexibility index (Phi) is 5.03. The number of rotatable bonds is 6.